The van der Waals surface area contributed by atoms with Gasteiger partial charge in [0.25, 0.3) is 0 Å². The molecule has 4 aliphatic carbocycles. The third-order valence-corrected chi connectivity index (χ3v) is 9.06. The number of Topliss-reactive ketones (excluding diaryl/α,β-unsaturated/α-hetero) is 1. The molecule has 1 heterocycles. The van der Waals surface area contributed by atoms with Crippen LogP contribution in [0.2, 0.25) is 0 Å². The van der Waals surface area contributed by atoms with Crippen LogP contribution in [0.5, 0.6) is 0 Å². The highest BCUT2D eigenvalue weighted by atomic mass is 16.7. The molecule has 148 valence electrons. The van der Waals surface area contributed by atoms with E-state index in [1.807, 2.05) is 6.92 Å². The fourth-order valence-corrected chi connectivity index (χ4v) is 8.01. The second-order valence-corrected chi connectivity index (χ2v) is 9.79. The van der Waals surface area contributed by atoms with Gasteiger partial charge in [0.05, 0.1) is 24.2 Å². The first-order valence-corrected chi connectivity index (χ1v) is 9.99. The van der Waals surface area contributed by atoms with Gasteiger partial charge in [-0.25, -0.2) is 0 Å². The average Bonchev–Trinajstić information content (AvgIpc) is 3.04. The molecule has 27 heavy (non-hydrogen) atoms. The van der Waals surface area contributed by atoms with Gasteiger partial charge in [-0.1, -0.05) is 19.9 Å². The normalized spacial score (nSPS) is 58.7. The molecule has 0 aromatic carbocycles. The van der Waals surface area contributed by atoms with Crippen molar-refractivity contribution in [3.8, 4) is 0 Å². The van der Waals surface area contributed by atoms with Gasteiger partial charge in [0.15, 0.2) is 11.6 Å². The molecule has 1 aliphatic heterocycles. The van der Waals surface area contributed by atoms with Crippen molar-refractivity contribution in [1.29, 1.82) is 0 Å². The van der Waals surface area contributed by atoms with Crippen LogP contribution >= 0.6 is 0 Å². The van der Waals surface area contributed by atoms with Crippen LogP contribution in [0.3, 0.4) is 0 Å². The molecule has 6 heteroatoms. The van der Waals surface area contributed by atoms with Crippen LogP contribution < -0.4 is 0 Å². The number of rotatable bonds is 2. The molecule has 2 bridgehead atoms. The molecule has 6 nitrogen and oxygen atoms in total. The highest BCUT2D eigenvalue weighted by Gasteiger charge is 2.83. The third-order valence-electron chi connectivity index (χ3n) is 9.06. The molecule has 0 unspecified atom stereocenters. The molecule has 2 N–H and O–H groups in total. The van der Waals surface area contributed by atoms with Crippen molar-refractivity contribution in [2.24, 2.45) is 34.0 Å². The molecule has 0 aromatic rings. The lowest BCUT2D eigenvalue weighted by atomic mass is 9.39. The van der Waals surface area contributed by atoms with E-state index in [1.165, 1.54) is 0 Å². The van der Waals surface area contributed by atoms with Crippen molar-refractivity contribution in [1.82, 2.24) is 0 Å². The summed E-state index contributed by atoms with van der Waals surface area (Å²) in [6, 6.07) is 0. The summed E-state index contributed by atoms with van der Waals surface area (Å²) in [5.74, 6) is -2.31. The van der Waals surface area contributed by atoms with E-state index in [9.17, 15) is 19.8 Å². The van der Waals surface area contributed by atoms with E-state index >= 15 is 0 Å². The lowest BCUT2D eigenvalue weighted by Crippen LogP contribution is -2.72. The Morgan fingerprint density at radius 1 is 1.33 bits per heavy atom. The SMILES string of the molecule is C=C1C(=O)[C@]23[C@H](O)C[C@H]4[C@]5(CCC[C@]4(C)C=O)CO[C@](OC)(C[C@@H]1[C@H]2O)[C@@H]53. The summed E-state index contributed by atoms with van der Waals surface area (Å²) >= 11 is 0. The van der Waals surface area contributed by atoms with Crippen molar-refractivity contribution < 1.29 is 29.3 Å². The molecule has 5 rings (SSSR count). The molecular weight excluding hydrogens is 348 g/mol. The summed E-state index contributed by atoms with van der Waals surface area (Å²) in [4.78, 5) is 25.5. The maximum Gasteiger partial charge on any atom is 0.173 e. The number of hydrogen-bond donors (Lipinski definition) is 2. The Kier molecular flexibility index (Phi) is 3.39. The van der Waals surface area contributed by atoms with Crippen LogP contribution in [0.1, 0.15) is 39.0 Å². The number of methoxy groups -OCH3 is 1. The van der Waals surface area contributed by atoms with E-state index in [0.717, 1.165) is 25.5 Å². The van der Waals surface area contributed by atoms with E-state index in [1.54, 1.807) is 7.11 Å². The van der Waals surface area contributed by atoms with Gasteiger partial charge in [0.1, 0.15) is 6.29 Å². The molecule has 2 spiro atoms. The van der Waals surface area contributed by atoms with Gasteiger partial charge < -0.3 is 24.5 Å². The number of hydrogen-bond acceptors (Lipinski definition) is 6. The van der Waals surface area contributed by atoms with Gasteiger partial charge >= 0.3 is 0 Å². The van der Waals surface area contributed by atoms with Gasteiger partial charge in [0, 0.05) is 36.2 Å². The summed E-state index contributed by atoms with van der Waals surface area (Å²) in [6.07, 6.45) is 2.10. The van der Waals surface area contributed by atoms with Gasteiger partial charge in [-0.2, -0.15) is 0 Å². The number of carbonyl (C=O) groups is 2. The maximum atomic E-state index is 13.4. The number of aldehydes is 1. The standard InChI is InChI=1S/C21H28O6/c1-11-12-8-20(26-3)17-19(10-27-20)6-4-5-18(2,9-22)13(19)7-14(23)21(17,15(11)24)16(12)25/h9,12-14,16-17,23,25H,1,4-8,10H2,2-3H3/t12-,13+,14+,16+,17+,18+,19-,20+,21+/m0/s1. The van der Waals surface area contributed by atoms with E-state index in [4.69, 9.17) is 9.47 Å². The fourth-order valence-electron chi connectivity index (χ4n) is 8.01. The van der Waals surface area contributed by atoms with Crippen LogP contribution in [-0.2, 0) is 19.1 Å². The Hall–Kier alpha value is -1.08. The summed E-state index contributed by atoms with van der Waals surface area (Å²) in [6.45, 7) is 6.31. The van der Waals surface area contributed by atoms with Crippen LogP contribution in [0.25, 0.3) is 0 Å². The minimum atomic E-state index is -1.34. The predicted molar refractivity (Wildman–Crippen MR) is 94.4 cm³/mol. The Labute approximate surface area is 158 Å². The molecule has 4 saturated carbocycles. The predicted octanol–water partition coefficient (Wildman–Crippen LogP) is 1.24. The number of aliphatic hydroxyl groups excluding tert-OH is 2. The van der Waals surface area contributed by atoms with Crippen LogP contribution in [0.4, 0.5) is 0 Å². The monoisotopic (exact) mass is 376 g/mol. The highest BCUT2D eigenvalue weighted by molar-refractivity contribution is 6.04. The zero-order valence-electron chi connectivity index (χ0n) is 15.9. The van der Waals surface area contributed by atoms with Crippen molar-refractivity contribution in [3.63, 3.8) is 0 Å². The molecule has 5 aliphatic rings. The van der Waals surface area contributed by atoms with Crippen LogP contribution in [0, 0.1) is 34.0 Å². The van der Waals surface area contributed by atoms with E-state index in [0.29, 0.717) is 25.0 Å². The first-order valence-electron chi connectivity index (χ1n) is 9.99. The number of fused-ring (bicyclic) bond motifs is 1. The first-order chi connectivity index (χ1) is 12.7. The largest absolute Gasteiger partial charge is 0.392 e. The minimum absolute atomic E-state index is 0.107. The lowest BCUT2D eigenvalue weighted by molar-refractivity contribution is -0.302. The molecule has 5 fully saturated rings. The zero-order chi connectivity index (χ0) is 19.4. The molecular formula is C21H28O6. The van der Waals surface area contributed by atoms with E-state index < -0.39 is 46.1 Å². The van der Waals surface area contributed by atoms with Gasteiger partial charge in [-0.3, -0.25) is 4.79 Å². The number of carbonyl (C=O) groups excluding carboxylic acids is 2. The van der Waals surface area contributed by atoms with Crippen molar-refractivity contribution in [3.05, 3.63) is 12.2 Å². The summed E-state index contributed by atoms with van der Waals surface area (Å²) in [5, 5.41) is 22.6. The summed E-state index contributed by atoms with van der Waals surface area (Å²) < 4.78 is 12.2. The van der Waals surface area contributed by atoms with Crippen molar-refractivity contribution >= 4 is 12.1 Å². The number of ether oxygens (including phenoxy) is 2. The Balaban J connectivity index is 1.78. The lowest BCUT2D eigenvalue weighted by Gasteiger charge is -2.64. The second-order valence-electron chi connectivity index (χ2n) is 9.79. The van der Waals surface area contributed by atoms with Crippen LogP contribution in [-0.4, -0.2) is 54.0 Å². The van der Waals surface area contributed by atoms with Gasteiger partial charge in [-0.15, -0.1) is 0 Å². The average molecular weight is 376 g/mol. The Morgan fingerprint density at radius 3 is 2.74 bits per heavy atom. The topological polar surface area (TPSA) is 93.1 Å². The van der Waals surface area contributed by atoms with Crippen molar-refractivity contribution in [2.75, 3.05) is 13.7 Å². The van der Waals surface area contributed by atoms with Crippen LogP contribution in [0.15, 0.2) is 12.2 Å². The molecule has 0 amide bonds. The highest BCUT2D eigenvalue weighted by Crippen LogP contribution is 2.76. The van der Waals surface area contributed by atoms with E-state index in [2.05, 4.69) is 6.58 Å². The Morgan fingerprint density at radius 2 is 2.07 bits per heavy atom. The molecule has 0 aromatic heterocycles. The van der Waals surface area contributed by atoms with Crippen molar-refractivity contribution in [2.45, 2.75) is 57.0 Å². The fraction of sp³-hybridized carbons (Fsp3) is 0.810. The number of aliphatic hydroxyl groups is 2. The Bertz CT molecular complexity index is 749. The third kappa shape index (κ3) is 1.66. The molecule has 0 radical (unpaired) electrons. The maximum absolute atomic E-state index is 13.4. The summed E-state index contributed by atoms with van der Waals surface area (Å²) in [5.41, 5.74) is -2.01. The molecule has 9 atom stereocenters. The quantitative estimate of drug-likeness (QED) is 0.556. The smallest absolute Gasteiger partial charge is 0.173 e. The molecule has 1 saturated heterocycles. The minimum Gasteiger partial charge on any atom is -0.392 e. The number of ketones is 1. The summed E-state index contributed by atoms with van der Waals surface area (Å²) in [7, 11) is 1.58. The second kappa shape index (κ2) is 5.09. The zero-order valence-corrected chi connectivity index (χ0v) is 15.9. The first kappa shape index (κ1) is 18.0. The van der Waals surface area contributed by atoms with E-state index in [-0.39, 0.29) is 11.7 Å². The van der Waals surface area contributed by atoms with Gasteiger partial charge in [-0.05, 0) is 30.8 Å². The van der Waals surface area contributed by atoms with Gasteiger partial charge in [0.2, 0.25) is 0 Å².